The van der Waals surface area contributed by atoms with Crippen LogP contribution in [-0.2, 0) is 21.4 Å². The lowest BCUT2D eigenvalue weighted by Gasteiger charge is -2.25. The van der Waals surface area contributed by atoms with E-state index >= 15 is 0 Å². The van der Waals surface area contributed by atoms with E-state index in [1.807, 2.05) is 30.3 Å². The molecule has 0 fully saturated rings. The summed E-state index contributed by atoms with van der Waals surface area (Å²) in [6.07, 6.45) is 0. The minimum Gasteiger partial charge on any atom is -0.497 e. The third-order valence-electron chi connectivity index (χ3n) is 5.08. The fourth-order valence-electron chi connectivity index (χ4n) is 3.36. The Bertz CT molecular complexity index is 1210. The standard InChI is InChI=1S/C24H24N2O6S/c1-30-20-9-7-19(8-10-20)26(17-24(27)25-16-18-5-3-2-4-6-18)33(28,29)21-11-12-22-23(15-21)32-14-13-31-22/h2-12,15H,13-14,16-17H2,1H3,(H,25,27). The van der Waals surface area contributed by atoms with Crippen LogP contribution < -0.4 is 23.8 Å². The molecule has 3 aromatic rings. The average Bonchev–Trinajstić information content (AvgIpc) is 2.86. The summed E-state index contributed by atoms with van der Waals surface area (Å²) in [6.45, 7) is 0.634. The SMILES string of the molecule is COc1ccc(N(CC(=O)NCc2ccccc2)S(=O)(=O)c2ccc3c(c2)OCCO3)cc1. The first kappa shape index (κ1) is 22.5. The highest BCUT2D eigenvalue weighted by Crippen LogP contribution is 2.34. The summed E-state index contributed by atoms with van der Waals surface area (Å²) in [6, 6.07) is 20.3. The number of carbonyl (C=O) groups excluding carboxylic acids is 1. The molecule has 0 saturated carbocycles. The van der Waals surface area contributed by atoms with Crippen molar-refractivity contribution >= 4 is 21.6 Å². The molecule has 172 valence electrons. The Morgan fingerprint density at radius 3 is 2.36 bits per heavy atom. The predicted molar refractivity (Wildman–Crippen MR) is 123 cm³/mol. The Morgan fingerprint density at radius 1 is 0.970 bits per heavy atom. The fraction of sp³-hybridized carbons (Fsp3) is 0.208. The van der Waals surface area contributed by atoms with Gasteiger partial charge in [0.25, 0.3) is 10.0 Å². The molecule has 0 saturated heterocycles. The Labute approximate surface area is 192 Å². The van der Waals surface area contributed by atoms with Crippen molar-refractivity contribution in [2.24, 2.45) is 0 Å². The molecule has 4 rings (SSSR count). The first-order valence-corrected chi connectivity index (χ1v) is 11.8. The van der Waals surface area contributed by atoms with Crippen molar-refractivity contribution in [3.63, 3.8) is 0 Å². The van der Waals surface area contributed by atoms with Crippen LogP contribution >= 0.6 is 0 Å². The lowest BCUT2D eigenvalue weighted by atomic mass is 10.2. The van der Waals surface area contributed by atoms with Gasteiger partial charge < -0.3 is 19.5 Å². The molecule has 1 heterocycles. The van der Waals surface area contributed by atoms with E-state index in [4.69, 9.17) is 14.2 Å². The first-order valence-electron chi connectivity index (χ1n) is 10.3. The second-order valence-electron chi connectivity index (χ2n) is 7.28. The zero-order chi connectivity index (χ0) is 23.3. The summed E-state index contributed by atoms with van der Waals surface area (Å²) in [5, 5.41) is 2.78. The lowest BCUT2D eigenvalue weighted by Crippen LogP contribution is -2.40. The number of hydrogen-bond donors (Lipinski definition) is 1. The van der Waals surface area contributed by atoms with Crippen LogP contribution in [0.15, 0.2) is 77.7 Å². The van der Waals surface area contributed by atoms with Crippen LogP contribution in [0, 0.1) is 0 Å². The molecule has 33 heavy (non-hydrogen) atoms. The topological polar surface area (TPSA) is 94.2 Å². The highest BCUT2D eigenvalue weighted by molar-refractivity contribution is 7.92. The van der Waals surface area contributed by atoms with Gasteiger partial charge in [-0.3, -0.25) is 9.10 Å². The lowest BCUT2D eigenvalue weighted by molar-refractivity contribution is -0.119. The van der Waals surface area contributed by atoms with Crippen LogP contribution in [0.5, 0.6) is 17.2 Å². The number of rotatable bonds is 8. The molecule has 0 atom stereocenters. The minimum atomic E-state index is -4.09. The molecule has 9 heteroatoms. The van der Waals surface area contributed by atoms with E-state index in [2.05, 4.69) is 5.32 Å². The van der Waals surface area contributed by atoms with E-state index in [-0.39, 0.29) is 4.90 Å². The molecule has 0 unspecified atom stereocenters. The molecule has 8 nitrogen and oxygen atoms in total. The number of benzene rings is 3. The van der Waals surface area contributed by atoms with Crippen molar-refractivity contribution in [3.05, 3.63) is 78.4 Å². The van der Waals surface area contributed by atoms with Gasteiger partial charge in [0.2, 0.25) is 5.91 Å². The van der Waals surface area contributed by atoms with Gasteiger partial charge in [0.05, 0.1) is 17.7 Å². The molecule has 0 aliphatic carbocycles. The number of carbonyl (C=O) groups is 1. The van der Waals surface area contributed by atoms with Crippen molar-refractivity contribution in [2.45, 2.75) is 11.4 Å². The summed E-state index contributed by atoms with van der Waals surface area (Å²) in [5.41, 5.74) is 1.25. The van der Waals surface area contributed by atoms with Crippen LogP contribution in [0.3, 0.4) is 0 Å². The third kappa shape index (κ3) is 5.20. The average molecular weight is 469 g/mol. The van der Waals surface area contributed by atoms with E-state index in [0.29, 0.717) is 42.7 Å². The third-order valence-corrected chi connectivity index (χ3v) is 6.85. The molecule has 1 N–H and O–H groups in total. The van der Waals surface area contributed by atoms with Gasteiger partial charge in [-0.2, -0.15) is 0 Å². The van der Waals surface area contributed by atoms with Gasteiger partial charge in [-0.1, -0.05) is 30.3 Å². The highest BCUT2D eigenvalue weighted by Gasteiger charge is 2.29. The number of ether oxygens (including phenoxy) is 3. The molecule has 1 aliphatic heterocycles. The van der Waals surface area contributed by atoms with E-state index in [1.165, 1.54) is 19.2 Å². The quantitative estimate of drug-likeness (QED) is 0.546. The smallest absolute Gasteiger partial charge is 0.264 e. The van der Waals surface area contributed by atoms with Gasteiger partial charge in [-0.05, 0) is 42.0 Å². The highest BCUT2D eigenvalue weighted by atomic mass is 32.2. The van der Waals surface area contributed by atoms with E-state index in [0.717, 1.165) is 9.87 Å². The maximum absolute atomic E-state index is 13.6. The normalized spacial score (nSPS) is 12.6. The maximum atomic E-state index is 13.6. The van der Waals surface area contributed by atoms with Crippen LogP contribution in [-0.4, -0.2) is 41.2 Å². The number of anilines is 1. The maximum Gasteiger partial charge on any atom is 0.264 e. The second-order valence-corrected chi connectivity index (χ2v) is 9.14. The van der Waals surface area contributed by atoms with Gasteiger partial charge in [0.1, 0.15) is 25.5 Å². The molecule has 1 aliphatic rings. The molecule has 0 radical (unpaired) electrons. The monoisotopic (exact) mass is 468 g/mol. The number of sulfonamides is 1. The minimum absolute atomic E-state index is 0.00146. The van der Waals surface area contributed by atoms with Crippen molar-refractivity contribution < 1.29 is 27.4 Å². The second kappa shape index (κ2) is 9.83. The van der Waals surface area contributed by atoms with Crippen molar-refractivity contribution in [1.82, 2.24) is 5.32 Å². The predicted octanol–water partition coefficient (Wildman–Crippen LogP) is 2.98. The number of nitrogens with one attached hydrogen (secondary N) is 1. The zero-order valence-electron chi connectivity index (χ0n) is 18.1. The van der Waals surface area contributed by atoms with E-state index in [1.54, 1.807) is 30.3 Å². The summed E-state index contributed by atoms with van der Waals surface area (Å²) in [7, 11) is -2.57. The molecule has 0 aromatic heterocycles. The van der Waals surface area contributed by atoms with Crippen LogP contribution in [0.1, 0.15) is 5.56 Å². The number of fused-ring (bicyclic) bond motifs is 1. The Morgan fingerprint density at radius 2 is 1.67 bits per heavy atom. The summed E-state index contributed by atoms with van der Waals surface area (Å²) in [5.74, 6) is 0.974. The van der Waals surface area contributed by atoms with Crippen molar-refractivity contribution in [1.29, 1.82) is 0 Å². The van der Waals surface area contributed by atoms with Gasteiger partial charge in [0, 0.05) is 12.6 Å². The Kier molecular flexibility index (Phi) is 6.69. The summed E-state index contributed by atoms with van der Waals surface area (Å²) >= 11 is 0. The molecule has 3 aromatic carbocycles. The van der Waals surface area contributed by atoms with Crippen molar-refractivity contribution in [3.8, 4) is 17.2 Å². The molecule has 0 bridgehead atoms. The van der Waals surface area contributed by atoms with Crippen LogP contribution in [0.25, 0.3) is 0 Å². The molecular formula is C24H24N2O6S. The van der Waals surface area contributed by atoms with Gasteiger partial charge >= 0.3 is 0 Å². The van der Waals surface area contributed by atoms with E-state index < -0.39 is 22.5 Å². The van der Waals surface area contributed by atoms with Gasteiger partial charge in [-0.15, -0.1) is 0 Å². The van der Waals surface area contributed by atoms with Crippen LogP contribution in [0.2, 0.25) is 0 Å². The number of amides is 1. The number of hydrogen-bond acceptors (Lipinski definition) is 6. The Balaban J connectivity index is 1.62. The van der Waals surface area contributed by atoms with Gasteiger partial charge in [0.15, 0.2) is 11.5 Å². The fourth-order valence-corrected chi connectivity index (χ4v) is 4.79. The van der Waals surface area contributed by atoms with E-state index in [9.17, 15) is 13.2 Å². The largest absolute Gasteiger partial charge is 0.497 e. The van der Waals surface area contributed by atoms with Gasteiger partial charge in [-0.25, -0.2) is 8.42 Å². The molecular weight excluding hydrogens is 444 g/mol. The number of methoxy groups -OCH3 is 1. The summed E-state index contributed by atoms with van der Waals surface area (Å²) < 4.78 is 44.5. The Hall–Kier alpha value is -3.72. The zero-order valence-corrected chi connectivity index (χ0v) is 18.9. The first-order chi connectivity index (χ1) is 16.0. The van der Waals surface area contributed by atoms with Crippen LogP contribution in [0.4, 0.5) is 5.69 Å². The molecule has 1 amide bonds. The van der Waals surface area contributed by atoms with Crippen molar-refractivity contribution in [2.75, 3.05) is 31.2 Å². The molecule has 0 spiro atoms. The summed E-state index contributed by atoms with van der Waals surface area (Å²) in [4.78, 5) is 12.7. The number of nitrogens with zero attached hydrogens (tertiary/aromatic N) is 1.